The van der Waals surface area contributed by atoms with Gasteiger partial charge in [0.2, 0.25) is 5.91 Å². The molecule has 1 saturated heterocycles. The summed E-state index contributed by atoms with van der Waals surface area (Å²) in [6, 6.07) is 7.63. The maximum atomic E-state index is 12.2. The number of amidine groups is 1. The van der Waals surface area contributed by atoms with Crippen molar-refractivity contribution in [3.05, 3.63) is 29.8 Å². The van der Waals surface area contributed by atoms with Crippen molar-refractivity contribution in [1.82, 2.24) is 4.90 Å². The molecule has 1 aromatic carbocycles. The fourth-order valence-electron chi connectivity index (χ4n) is 3.07. The zero-order valence-corrected chi connectivity index (χ0v) is 16.8. The van der Waals surface area contributed by atoms with E-state index in [1.807, 2.05) is 31.3 Å². The first-order valence-electron chi connectivity index (χ1n) is 8.91. The quantitative estimate of drug-likeness (QED) is 0.799. The molecule has 0 spiro atoms. The van der Waals surface area contributed by atoms with Crippen molar-refractivity contribution in [2.24, 2.45) is 4.99 Å². The van der Waals surface area contributed by atoms with Crippen LogP contribution >= 0.6 is 11.8 Å². The third kappa shape index (κ3) is 4.79. The predicted molar refractivity (Wildman–Crippen MR) is 108 cm³/mol. The van der Waals surface area contributed by atoms with Crippen LogP contribution in [0.4, 0.5) is 5.69 Å². The summed E-state index contributed by atoms with van der Waals surface area (Å²) in [6.07, 6.45) is 2.50. The second-order valence-corrected chi connectivity index (χ2v) is 10.3. The Morgan fingerprint density at radius 1 is 1.31 bits per heavy atom. The van der Waals surface area contributed by atoms with E-state index in [0.29, 0.717) is 6.42 Å². The van der Waals surface area contributed by atoms with Crippen molar-refractivity contribution < 1.29 is 13.2 Å². The summed E-state index contributed by atoms with van der Waals surface area (Å²) >= 11 is 1.50. The summed E-state index contributed by atoms with van der Waals surface area (Å²) in [7, 11) is -1.08. The Morgan fingerprint density at radius 2 is 2.04 bits per heavy atom. The molecule has 6 nitrogen and oxygen atoms in total. The number of nitrogens with one attached hydrogen (secondary N) is 1. The Morgan fingerprint density at radius 3 is 2.69 bits per heavy atom. The van der Waals surface area contributed by atoms with Crippen molar-refractivity contribution in [3.8, 4) is 0 Å². The number of nitrogens with zero attached hydrogens (tertiary/aromatic N) is 2. The van der Waals surface area contributed by atoms with E-state index in [1.54, 1.807) is 4.90 Å². The van der Waals surface area contributed by atoms with Gasteiger partial charge in [0.1, 0.15) is 0 Å². The van der Waals surface area contributed by atoms with E-state index in [9.17, 15) is 13.2 Å². The smallest absolute Gasteiger partial charge is 0.226 e. The topological polar surface area (TPSA) is 78.8 Å². The van der Waals surface area contributed by atoms with Gasteiger partial charge < -0.3 is 10.2 Å². The molecule has 8 heteroatoms. The first-order valence-corrected chi connectivity index (χ1v) is 11.6. The highest BCUT2D eigenvalue weighted by molar-refractivity contribution is 8.15. The van der Waals surface area contributed by atoms with Crippen molar-refractivity contribution in [3.63, 3.8) is 0 Å². The number of carbonyl (C=O) groups excluding carboxylic acids is 1. The van der Waals surface area contributed by atoms with Crippen molar-refractivity contribution in [2.45, 2.75) is 37.5 Å². The molecule has 0 aromatic heterocycles. The maximum absolute atomic E-state index is 12.2. The molecule has 0 saturated carbocycles. The minimum atomic E-state index is -2.92. The Labute approximate surface area is 159 Å². The summed E-state index contributed by atoms with van der Waals surface area (Å²) in [5.74, 6) is 0.496. The molecule has 142 valence electrons. The molecule has 0 unspecified atom stereocenters. The number of unbranched alkanes of at least 4 members (excludes halogenated alkanes) is 1. The van der Waals surface area contributed by atoms with Crippen LogP contribution in [-0.2, 0) is 21.1 Å². The van der Waals surface area contributed by atoms with Gasteiger partial charge in [-0.05, 0) is 24.1 Å². The number of likely N-dealkylation sites (N-methyl/N-ethyl adjacent to an activating group) is 1. The highest BCUT2D eigenvalue weighted by Gasteiger charge is 2.42. The van der Waals surface area contributed by atoms with E-state index in [4.69, 9.17) is 0 Å². The van der Waals surface area contributed by atoms with E-state index in [2.05, 4.69) is 17.2 Å². The number of fused-ring (bicyclic) bond motifs is 1. The lowest BCUT2D eigenvalue weighted by Crippen LogP contribution is -2.29. The lowest BCUT2D eigenvalue weighted by molar-refractivity contribution is -0.129. The molecule has 0 radical (unpaired) electrons. The Bertz CT molecular complexity index is 790. The van der Waals surface area contributed by atoms with Crippen molar-refractivity contribution >= 4 is 38.4 Å². The maximum Gasteiger partial charge on any atom is 0.226 e. The van der Waals surface area contributed by atoms with Crippen LogP contribution in [-0.4, -0.2) is 60.8 Å². The molecule has 1 fully saturated rings. The van der Waals surface area contributed by atoms with Gasteiger partial charge in [-0.15, -0.1) is 0 Å². The molecule has 2 atom stereocenters. The number of amides is 1. The van der Waals surface area contributed by atoms with Gasteiger partial charge in [0, 0.05) is 24.5 Å². The third-order valence-electron chi connectivity index (χ3n) is 4.65. The number of sulfone groups is 1. The van der Waals surface area contributed by atoms with Crippen LogP contribution < -0.4 is 5.32 Å². The Kier molecular flexibility index (Phi) is 5.92. The third-order valence-corrected chi connectivity index (χ3v) is 7.79. The number of aliphatic imine (C=N–C) groups is 1. The lowest BCUT2D eigenvalue weighted by atomic mass is 10.1. The molecule has 1 amide bonds. The van der Waals surface area contributed by atoms with E-state index >= 15 is 0 Å². The average molecular weight is 396 g/mol. The summed E-state index contributed by atoms with van der Waals surface area (Å²) in [5, 5.41) is 4.07. The van der Waals surface area contributed by atoms with Gasteiger partial charge in [-0.2, -0.15) is 0 Å². The van der Waals surface area contributed by atoms with Gasteiger partial charge in [0.05, 0.1) is 24.0 Å². The second-order valence-electron chi connectivity index (χ2n) is 6.90. The summed E-state index contributed by atoms with van der Waals surface area (Å²) < 4.78 is 23.2. The minimum absolute atomic E-state index is 0.0399. The van der Waals surface area contributed by atoms with E-state index < -0.39 is 9.84 Å². The molecule has 0 bridgehead atoms. The van der Waals surface area contributed by atoms with Crippen LogP contribution in [0.5, 0.6) is 0 Å². The standard InChI is InChI=1S/C18H25N3O3S2/c1-3-4-9-21(2)17(22)10-13-5-7-14(8-6-13)19-18-20-15-11-26(23,24)12-16(15)25-18/h5-8,15-16H,3-4,9-12H2,1-2H3,(H,19,20)/t15-,16+/m0/s1. The van der Waals surface area contributed by atoms with Gasteiger partial charge in [-0.3, -0.25) is 9.79 Å². The molecule has 3 rings (SSSR count). The normalized spacial score (nSPS) is 23.4. The molecule has 2 aliphatic heterocycles. The summed E-state index contributed by atoms with van der Waals surface area (Å²) in [6.45, 7) is 2.91. The SMILES string of the molecule is CCCCN(C)C(=O)Cc1ccc(NC2=N[C@H]3CS(=O)(=O)C[C@H]3S2)cc1. The number of hydrogen-bond donors (Lipinski definition) is 1. The fourth-order valence-corrected chi connectivity index (χ4v) is 6.75. The van der Waals surface area contributed by atoms with Crippen molar-refractivity contribution in [1.29, 1.82) is 0 Å². The van der Waals surface area contributed by atoms with Gasteiger partial charge in [-0.25, -0.2) is 8.42 Å². The van der Waals surface area contributed by atoms with Crippen LogP contribution in [0.15, 0.2) is 29.3 Å². The fraction of sp³-hybridized carbons (Fsp3) is 0.556. The van der Waals surface area contributed by atoms with Gasteiger partial charge in [0.15, 0.2) is 15.0 Å². The molecular weight excluding hydrogens is 370 g/mol. The first-order chi connectivity index (χ1) is 12.4. The number of hydrogen-bond acceptors (Lipinski definition) is 6. The molecular formula is C18H25N3O3S2. The second kappa shape index (κ2) is 8.00. The molecule has 1 N–H and O–H groups in total. The Hall–Kier alpha value is -1.54. The molecule has 2 heterocycles. The lowest BCUT2D eigenvalue weighted by Gasteiger charge is -2.16. The van der Waals surface area contributed by atoms with Crippen LogP contribution in [0.3, 0.4) is 0 Å². The van der Waals surface area contributed by atoms with Crippen LogP contribution in [0.2, 0.25) is 0 Å². The average Bonchev–Trinajstić information content (AvgIpc) is 3.06. The number of rotatable bonds is 6. The molecule has 0 aliphatic carbocycles. The van der Waals surface area contributed by atoms with Crippen LogP contribution in [0.25, 0.3) is 0 Å². The highest BCUT2D eigenvalue weighted by Crippen LogP contribution is 2.34. The predicted octanol–water partition coefficient (Wildman–Crippen LogP) is 2.17. The molecule has 2 aliphatic rings. The van der Waals surface area contributed by atoms with Crippen molar-refractivity contribution in [2.75, 3.05) is 30.4 Å². The van der Waals surface area contributed by atoms with E-state index in [-0.39, 0.29) is 28.7 Å². The summed E-state index contributed by atoms with van der Waals surface area (Å²) in [5.41, 5.74) is 1.88. The van der Waals surface area contributed by atoms with Crippen LogP contribution in [0.1, 0.15) is 25.3 Å². The monoisotopic (exact) mass is 395 g/mol. The zero-order valence-electron chi connectivity index (χ0n) is 15.1. The van der Waals surface area contributed by atoms with Crippen LogP contribution in [0, 0.1) is 0 Å². The number of anilines is 1. The molecule has 26 heavy (non-hydrogen) atoms. The largest absolute Gasteiger partial charge is 0.345 e. The minimum Gasteiger partial charge on any atom is -0.345 e. The van der Waals surface area contributed by atoms with Gasteiger partial charge in [0.25, 0.3) is 0 Å². The number of benzene rings is 1. The summed E-state index contributed by atoms with van der Waals surface area (Å²) in [4.78, 5) is 18.5. The highest BCUT2D eigenvalue weighted by atomic mass is 32.2. The van der Waals surface area contributed by atoms with Gasteiger partial charge in [-0.1, -0.05) is 37.2 Å². The van der Waals surface area contributed by atoms with E-state index in [1.165, 1.54) is 11.8 Å². The first kappa shape index (κ1) is 19.2. The van der Waals surface area contributed by atoms with Gasteiger partial charge >= 0.3 is 0 Å². The number of carbonyl (C=O) groups is 1. The zero-order chi connectivity index (χ0) is 18.7. The Balaban J connectivity index is 1.53. The number of thioether (sulfide) groups is 1. The molecule has 1 aromatic rings. The van der Waals surface area contributed by atoms with E-state index in [0.717, 1.165) is 35.8 Å².